The van der Waals surface area contributed by atoms with Crippen molar-refractivity contribution in [1.29, 1.82) is 0 Å². The van der Waals surface area contributed by atoms with Gasteiger partial charge in [0.1, 0.15) is 24.4 Å². The van der Waals surface area contributed by atoms with Gasteiger partial charge >= 0.3 is 5.97 Å². The number of nitrogens with one attached hydrogen (secondary N) is 1. The predicted octanol–water partition coefficient (Wildman–Crippen LogP) is 14.5. The van der Waals surface area contributed by atoms with Gasteiger partial charge in [0.15, 0.2) is 12.4 Å². The summed E-state index contributed by atoms with van der Waals surface area (Å²) >= 11 is 0. The van der Waals surface area contributed by atoms with Gasteiger partial charge in [0.05, 0.1) is 25.4 Å². The van der Waals surface area contributed by atoms with Crippen molar-refractivity contribution in [3.8, 4) is 0 Å². The maximum atomic E-state index is 13.4. The van der Waals surface area contributed by atoms with E-state index < -0.39 is 67.4 Å². The zero-order valence-electron chi connectivity index (χ0n) is 47.5. The van der Waals surface area contributed by atoms with Crippen LogP contribution in [0.5, 0.6) is 0 Å². The second-order valence-electron chi connectivity index (χ2n) is 21.8. The summed E-state index contributed by atoms with van der Waals surface area (Å²) in [6.45, 7) is 5.80. The number of hydrogen-bond acceptors (Lipinski definition) is 10. The molecule has 6 N–H and O–H groups in total. The van der Waals surface area contributed by atoms with E-state index in [1.807, 2.05) is 6.08 Å². The van der Waals surface area contributed by atoms with Gasteiger partial charge in [0, 0.05) is 6.42 Å². The quantitative estimate of drug-likeness (QED) is 0.0195. The van der Waals surface area contributed by atoms with Crippen molar-refractivity contribution in [2.24, 2.45) is 0 Å². The monoisotopic (exact) mass is 1040 g/mol. The van der Waals surface area contributed by atoms with E-state index in [0.29, 0.717) is 19.3 Å². The van der Waals surface area contributed by atoms with E-state index in [0.717, 1.165) is 64.2 Å². The van der Waals surface area contributed by atoms with Crippen molar-refractivity contribution in [2.75, 3.05) is 13.2 Å². The second kappa shape index (κ2) is 50.9. The summed E-state index contributed by atoms with van der Waals surface area (Å²) in [4.78, 5) is 26.5. The summed E-state index contributed by atoms with van der Waals surface area (Å²) < 4.78 is 17.6. The number of amides is 1. The van der Waals surface area contributed by atoms with Gasteiger partial charge in [-0.2, -0.15) is 0 Å². The first-order valence-electron chi connectivity index (χ1n) is 31.1. The average Bonchev–Trinajstić information content (AvgIpc) is 3.39. The molecule has 1 aliphatic rings. The minimum absolute atomic E-state index is 0.129. The first kappa shape index (κ1) is 69.2. The molecule has 73 heavy (non-hydrogen) atoms. The summed E-state index contributed by atoms with van der Waals surface area (Å²) in [6, 6.07) is -1.02. The third-order valence-corrected chi connectivity index (χ3v) is 14.9. The van der Waals surface area contributed by atoms with E-state index in [9.17, 15) is 35.1 Å². The molecular weight excluding hydrogens is 919 g/mol. The number of esters is 1. The number of hydrogen-bond donors (Lipinski definition) is 6. The van der Waals surface area contributed by atoms with Crippen LogP contribution in [0, 0.1) is 0 Å². The third-order valence-electron chi connectivity index (χ3n) is 14.9. The lowest BCUT2D eigenvalue weighted by Crippen LogP contribution is -2.61. The van der Waals surface area contributed by atoms with Crippen LogP contribution in [0.2, 0.25) is 0 Å². The van der Waals surface area contributed by atoms with Gasteiger partial charge in [0.25, 0.3) is 0 Å². The summed E-state index contributed by atoms with van der Waals surface area (Å²) in [5.41, 5.74) is 0. The fraction of sp³-hybridized carbons (Fsp3) is 0.903. The first-order chi connectivity index (χ1) is 35.7. The maximum absolute atomic E-state index is 13.4. The van der Waals surface area contributed by atoms with Gasteiger partial charge in [-0.05, 0) is 51.4 Å². The Bertz CT molecular complexity index is 1280. The summed E-state index contributed by atoms with van der Waals surface area (Å²) in [6.07, 6.45) is 47.8. The molecule has 1 aliphatic heterocycles. The molecule has 1 fully saturated rings. The number of allylic oxidation sites excluding steroid dienone is 3. The molecule has 0 aromatic heterocycles. The predicted molar refractivity (Wildman–Crippen MR) is 301 cm³/mol. The Morgan fingerprint density at radius 1 is 0.521 bits per heavy atom. The molecule has 430 valence electrons. The van der Waals surface area contributed by atoms with Crippen molar-refractivity contribution >= 4 is 11.9 Å². The molecule has 8 atom stereocenters. The van der Waals surface area contributed by atoms with E-state index in [1.165, 1.54) is 186 Å². The number of aliphatic hydroxyl groups excluding tert-OH is 5. The van der Waals surface area contributed by atoms with Crippen LogP contribution < -0.4 is 5.32 Å². The number of carbonyl (C=O) groups excluding carboxylic acids is 2. The highest BCUT2D eigenvalue weighted by Gasteiger charge is 2.47. The molecule has 1 saturated heterocycles. The number of carbonyl (C=O) groups is 2. The highest BCUT2D eigenvalue weighted by molar-refractivity contribution is 5.80. The van der Waals surface area contributed by atoms with E-state index in [1.54, 1.807) is 6.08 Å². The minimum atomic E-state index is -1.61. The fourth-order valence-electron chi connectivity index (χ4n) is 9.88. The Morgan fingerprint density at radius 3 is 1.33 bits per heavy atom. The maximum Gasteiger partial charge on any atom is 0.306 e. The van der Waals surface area contributed by atoms with E-state index in [2.05, 4.69) is 38.2 Å². The van der Waals surface area contributed by atoms with Gasteiger partial charge in [-0.3, -0.25) is 9.59 Å². The SMILES string of the molecule is CCCCCCCC/C=C/CCCCCCCCCCC(O)C(=O)NC(COC1OC(CO)C(O)C(O)C1OC(=O)CCCCCCCCCCCCCCCC)C(O)/C=C/CCCCCCCCCCCC. The molecule has 11 nitrogen and oxygen atoms in total. The van der Waals surface area contributed by atoms with Crippen LogP contribution in [0.4, 0.5) is 0 Å². The van der Waals surface area contributed by atoms with Crippen LogP contribution in [0.1, 0.15) is 297 Å². The van der Waals surface area contributed by atoms with Crippen molar-refractivity contribution < 1.29 is 49.3 Å². The molecule has 0 aliphatic carbocycles. The molecule has 8 unspecified atom stereocenters. The normalized spacial score (nSPS) is 19.5. The Labute approximate surface area is 448 Å². The fourth-order valence-corrected chi connectivity index (χ4v) is 9.88. The summed E-state index contributed by atoms with van der Waals surface area (Å²) in [5.74, 6) is -1.18. The third kappa shape index (κ3) is 39.2. The van der Waals surface area contributed by atoms with Gasteiger partial charge in [-0.25, -0.2) is 0 Å². The highest BCUT2D eigenvalue weighted by Crippen LogP contribution is 2.26. The molecule has 1 amide bonds. The molecular formula is C62H117NO10. The lowest BCUT2D eigenvalue weighted by Gasteiger charge is -2.41. The zero-order chi connectivity index (χ0) is 53.3. The lowest BCUT2D eigenvalue weighted by atomic mass is 9.99. The molecule has 1 rings (SSSR count). The zero-order valence-corrected chi connectivity index (χ0v) is 47.5. The van der Waals surface area contributed by atoms with Crippen LogP contribution >= 0.6 is 0 Å². The molecule has 0 radical (unpaired) electrons. The number of unbranched alkanes of at least 4 members (excludes halogenated alkanes) is 37. The van der Waals surface area contributed by atoms with Crippen molar-refractivity contribution in [3.05, 3.63) is 24.3 Å². The van der Waals surface area contributed by atoms with E-state index in [-0.39, 0.29) is 13.0 Å². The van der Waals surface area contributed by atoms with Crippen LogP contribution in [-0.2, 0) is 23.8 Å². The molecule has 0 spiro atoms. The Kier molecular flexibility index (Phi) is 48.2. The largest absolute Gasteiger partial charge is 0.454 e. The highest BCUT2D eigenvalue weighted by atomic mass is 16.7. The van der Waals surface area contributed by atoms with Crippen LogP contribution in [0.3, 0.4) is 0 Å². The number of aliphatic hydroxyl groups is 5. The molecule has 0 bridgehead atoms. The van der Waals surface area contributed by atoms with Crippen LogP contribution in [0.15, 0.2) is 24.3 Å². The Balaban J connectivity index is 2.68. The van der Waals surface area contributed by atoms with Crippen molar-refractivity contribution in [3.63, 3.8) is 0 Å². The second-order valence-corrected chi connectivity index (χ2v) is 21.8. The lowest BCUT2D eigenvalue weighted by molar-refractivity contribution is -0.305. The van der Waals surface area contributed by atoms with E-state index in [4.69, 9.17) is 14.2 Å². The Morgan fingerprint density at radius 2 is 0.904 bits per heavy atom. The molecule has 0 saturated carbocycles. The molecule has 0 aromatic carbocycles. The van der Waals surface area contributed by atoms with Crippen LogP contribution in [0.25, 0.3) is 0 Å². The van der Waals surface area contributed by atoms with E-state index >= 15 is 0 Å². The van der Waals surface area contributed by atoms with Gasteiger partial charge in [-0.1, -0.05) is 263 Å². The first-order valence-corrected chi connectivity index (χ1v) is 31.1. The van der Waals surface area contributed by atoms with Crippen LogP contribution in [-0.4, -0.2) is 99.6 Å². The Hall–Kier alpha value is -1.86. The van der Waals surface area contributed by atoms with Gasteiger partial charge < -0.3 is 45.1 Å². The number of rotatable bonds is 53. The smallest absolute Gasteiger partial charge is 0.306 e. The topological polar surface area (TPSA) is 175 Å². The average molecular weight is 1040 g/mol. The summed E-state index contributed by atoms with van der Waals surface area (Å²) in [5, 5.41) is 56.9. The molecule has 11 heteroatoms. The van der Waals surface area contributed by atoms with Gasteiger partial charge in [0.2, 0.25) is 5.91 Å². The summed E-state index contributed by atoms with van der Waals surface area (Å²) in [7, 11) is 0. The van der Waals surface area contributed by atoms with Gasteiger partial charge in [-0.15, -0.1) is 0 Å². The minimum Gasteiger partial charge on any atom is -0.454 e. The molecule has 1 heterocycles. The molecule has 0 aromatic rings. The van der Waals surface area contributed by atoms with Crippen molar-refractivity contribution in [1.82, 2.24) is 5.32 Å². The standard InChI is InChI=1S/C62H117NO10/c1-4-7-10-13-16-19-22-25-27-28-29-30-31-34-37-40-43-46-49-55(66)61(70)63-53(54(65)48-45-42-39-36-33-24-21-18-15-12-9-6-3)52-71-62-60(59(69)58(68)56(51-64)72-62)73-57(67)50-47-44-41-38-35-32-26-23-20-17-14-11-8-5-2/h25,27,45,48,53-56,58-60,62,64-66,68-69H,4-24,26,28-44,46-47,49-52H2,1-3H3,(H,63,70)/b27-25+,48-45+. The van der Waals surface area contributed by atoms with Crippen molar-refractivity contribution in [2.45, 2.75) is 346 Å². The number of ether oxygens (including phenoxy) is 3.